The van der Waals surface area contributed by atoms with Gasteiger partial charge in [0.25, 0.3) is 0 Å². The second-order valence-corrected chi connectivity index (χ2v) is 6.72. The van der Waals surface area contributed by atoms with E-state index < -0.39 is 0 Å². The molecule has 0 unspecified atom stereocenters. The van der Waals surface area contributed by atoms with E-state index in [9.17, 15) is 0 Å². The minimum atomic E-state index is 0.406. The summed E-state index contributed by atoms with van der Waals surface area (Å²) in [7, 11) is 3.99. The molecule has 2 aromatic carbocycles. The highest BCUT2D eigenvalue weighted by Crippen LogP contribution is 2.23. The number of H-pyrrole nitrogens is 1. The third-order valence-corrected chi connectivity index (χ3v) is 4.56. The number of anilines is 1. The Bertz CT molecular complexity index is 973. The summed E-state index contributed by atoms with van der Waals surface area (Å²) < 4.78 is 1.98. The van der Waals surface area contributed by atoms with Crippen molar-refractivity contribution in [3.63, 3.8) is 0 Å². The van der Waals surface area contributed by atoms with Crippen LogP contribution in [-0.4, -0.2) is 35.2 Å². The minimum Gasteiger partial charge on any atom is -0.378 e. The van der Waals surface area contributed by atoms with Gasteiger partial charge in [-0.05, 0) is 54.2 Å². The van der Waals surface area contributed by atoms with E-state index in [1.54, 1.807) is 23.0 Å². The maximum Gasteiger partial charge on any atom is 0.216 e. The molecular formula is C17H15Cl2N5S. The van der Waals surface area contributed by atoms with Gasteiger partial charge in [0, 0.05) is 25.3 Å². The normalized spacial score (nSPS) is 11.2. The Labute approximate surface area is 160 Å². The Kier molecular flexibility index (Phi) is 5.22. The number of aromatic nitrogens is 3. The number of aromatic amines is 1. The molecular weight excluding hydrogens is 377 g/mol. The maximum absolute atomic E-state index is 6.03. The number of benzene rings is 2. The molecule has 0 bridgehead atoms. The molecule has 0 aliphatic carbocycles. The lowest BCUT2D eigenvalue weighted by Crippen LogP contribution is -2.08. The van der Waals surface area contributed by atoms with Gasteiger partial charge in [-0.3, -0.25) is 0 Å². The van der Waals surface area contributed by atoms with Crippen molar-refractivity contribution >= 4 is 47.3 Å². The first-order chi connectivity index (χ1) is 12.0. The van der Waals surface area contributed by atoms with Crippen LogP contribution in [0.1, 0.15) is 5.56 Å². The summed E-state index contributed by atoms with van der Waals surface area (Å²) >= 11 is 17.2. The first-order valence-corrected chi connectivity index (χ1v) is 8.57. The van der Waals surface area contributed by atoms with Crippen molar-refractivity contribution in [3.8, 4) is 11.4 Å². The first-order valence-electron chi connectivity index (χ1n) is 7.40. The summed E-state index contributed by atoms with van der Waals surface area (Å²) in [5, 5.41) is 12.4. The van der Waals surface area contributed by atoms with Crippen molar-refractivity contribution in [3.05, 3.63) is 62.8 Å². The number of hydrogen-bond donors (Lipinski definition) is 1. The molecule has 0 aliphatic heterocycles. The van der Waals surface area contributed by atoms with Crippen LogP contribution >= 0.6 is 35.4 Å². The van der Waals surface area contributed by atoms with Gasteiger partial charge >= 0.3 is 0 Å². The van der Waals surface area contributed by atoms with Crippen LogP contribution in [0.25, 0.3) is 11.4 Å². The largest absolute Gasteiger partial charge is 0.378 e. The Balaban J connectivity index is 1.95. The molecule has 8 heteroatoms. The zero-order chi connectivity index (χ0) is 18.0. The van der Waals surface area contributed by atoms with E-state index in [1.807, 2.05) is 49.3 Å². The molecule has 128 valence electrons. The second kappa shape index (κ2) is 7.39. The van der Waals surface area contributed by atoms with Crippen molar-refractivity contribution in [2.45, 2.75) is 0 Å². The van der Waals surface area contributed by atoms with E-state index in [0.717, 1.165) is 16.8 Å². The summed E-state index contributed by atoms with van der Waals surface area (Å²) in [6, 6.07) is 13.3. The molecule has 25 heavy (non-hydrogen) atoms. The number of nitrogens with one attached hydrogen (secondary N) is 1. The van der Waals surface area contributed by atoms with Gasteiger partial charge in [0.2, 0.25) is 4.77 Å². The molecule has 3 aromatic rings. The van der Waals surface area contributed by atoms with E-state index >= 15 is 0 Å². The molecule has 0 radical (unpaired) electrons. The molecule has 0 amide bonds. The maximum atomic E-state index is 6.03. The van der Waals surface area contributed by atoms with Crippen molar-refractivity contribution in [2.75, 3.05) is 19.0 Å². The van der Waals surface area contributed by atoms with Gasteiger partial charge in [0.1, 0.15) is 0 Å². The van der Waals surface area contributed by atoms with E-state index in [4.69, 9.17) is 35.4 Å². The van der Waals surface area contributed by atoms with Gasteiger partial charge < -0.3 is 4.90 Å². The highest BCUT2D eigenvalue weighted by molar-refractivity contribution is 7.71. The minimum absolute atomic E-state index is 0.406. The molecule has 0 atom stereocenters. The van der Waals surface area contributed by atoms with Gasteiger partial charge in [0.05, 0.1) is 16.3 Å². The summed E-state index contributed by atoms with van der Waals surface area (Å²) in [6.07, 6.45) is 1.66. The predicted molar refractivity (Wildman–Crippen MR) is 107 cm³/mol. The molecule has 5 nitrogen and oxygen atoms in total. The second-order valence-electron chi connectivity index (χ2n) is 5.52. The zero-order valence-electron chi connectivity index (χ0n) is 13.6. The van der Waals surface area contributed by atoms with Crippen LogP contribution in [0, 0.1) is 4.77 Å². The van der Waals surface area contributed by atoms with E-state index in [2.05, 4.69) is 15.3 Å². The monoisotopic (exact) mass is 391 g/mol. The molecule has 0 saturated heterocycles. The Hall–Kier alpha value is -2.15. The van der Waals surface area contributed by atoms with Crippen LogP contribution in [0.3, 0.4) is 0 Å². The van der Waals surface area contributed by atoms with Crippen molar-refractivity contribution in [1.82, 2.24) is 14.9 Å². The average Bonchev–Trinajstić information content (AvgIpc) is 2.97. The third-order valence-electron chi connectivity index (χ3n) is 3.56. The average molecular weight is 392 g/mol. The first kappa shape index (κ1) is 17.7. The van der Waals surface area contributed by atoms with Crippen molar-refractivity contribution in [2.24, 2.45) is 5.10 Å². The standard InChI is InChI=1S/C17H15Cl2N5S/c1-23(2)13-6-4-12(5-7-13)16-21-22-17(25)24(16)20-10-11-3-8-14(18)15(19)9-11/h3-10H,1-2H3,(H,22,25). The zero-order valence-corrected chi connectivity index (χ0v) is 15.9. The molecule has 3 rings (SSSR count). The molecule has 0 spiro atoms. The van der Waals surface area contributed by atoms with Crippen LogP contribution in [0.4, 0.5) is 5.69 Å². The third kappa shape index (κ3) is 3.92. The van der Waals surface area contributed by atoms with Gasteiger partial charge in [-0.15, -0.1) is 0 Å². The van der Waals surface area contributed by atoms with Gasteiger partial charge in [0.15, 0.2) is 5.82 Å². The fraction of sp³-hybridized carbons (Fsp3) is 0.118. The van der Waals surface area contributed by atoms with Crippen molar-refractivity contribution in [1.29, 1.82) is 0 Å². The number of nitrogens with zero attached hydrogens (tertiary/aromatic N) is 4. The molecule has 1 N–H and O–H groups in total. The van der Waals surface area contributed by atoms with Gasteiger partial charge in [-0.25, -0.2) is 5.10 Å². The summed E-state index contributed by atoms with van der Waals surface area (Å²) in [4.78, 5) is 2.03. The quantitative estimate of drug-likeness (QED) is 0.510. The van der Waals surface area contributed by atoms with Crippen LogP contribution in [0.15, 0.2) is 47.6 Å². The summed E-state index contributed by atoms with van der Waals surface area (Å²) in [5.41, 5.74) is 2.82. The van der Waals surface area contributed by atoms with E-state index in [-0.39, 0.29) is 0 Å². The summed E-state index contributed by atoms with van der Waals surface area (Å²) in [5.74, 6) is 0.631. The van der Waals surface area contributed by atoms with Crippen LogP contribution in [0.5, 0.6) is 0 Å². The Morgan fingerprint density at radius 1 is 1.12 bits per heavy atom. The summed E-state index contributed by atoms with van der Waals surface area (Å²) in [6.45, 7) is 0. The number of rotatable bonds is 4. The molecule has 1 heterocycles. The molecule has 0 fully saturated rings. The Morgan fingerprint density at radius 3 is 2.48 bits per heavy atom. The highest BCUT2D eigenvalue weighted by Gasteiger charge is 2.08. The fourth-order valence-electron chi connectivity index (χ4n) is 2.21. The fourth-order valence-corrected chi connectivity index (χ4v) is 2.70. The van der Waals surface area contributed by atoms with Crippen LogP contribution < -0.4 is 4.90 Å². The van der Waals surface area contributed by atoms with Crippen molar-refractivity contribution < 1.29 is 0 Å². The highest BCUT2D eigenvalue weighted by atomic mass is 35.5. The molecule has 0 saturated carbocycles. The van der Waals surface area contributed by atoms with Gasteiger partial charge in [-0.1, -0.05) is 29.3 Å². The molecule has 0 aliphatic rings. The lowest BCUT2D eigenvalue weighted by molar-refractivity contribution is 0.871. The SMILES string of the molecule is CN(C)c1ccc(-c2n[nH]c(=S)n2N=Cc2ccc(Cl)c(Cl)c2)cc1. The smallest absolute Gasteiger partial charge is 0.216 e. The number of halogens is 2. The lowest BCUT2D eigenvalue weighted by atomic mass is 10.2. The Morgan fingerprint density at radius 2 is 1.84 bits per heavy atom. The lowest BCUT2D eigenvalue weighted by Gasteiger charge is -2.12. The van der Waals surface area contributed by atoms with E-state index in [1.165, 1.54) is 0 Å². The van der Waals surface area contributed by atoms with E-state index in [0.29, 0.717) is 20.6 Å². The number of hydrogen-bond acceptors (Lipinski definition) is 4. The van der Waals surface area contributed by atoms with Crippen LogP contribution in [-0.2, 0) is 0 Å². The predicted octanol–water partition coefficient (Wildman–Crippen LogP) is 4.86. The van der Waals surface area contributed by atoms with Crippen LogP contribution in [0.2, 0.25) is 10.0 Å². The molecule has 1 aromatic heterocycles. The van der Waals surface area contributed by atoms with Gasteiger partial charge in [-0.2, -0.15) is 14.9 Å². The topological polar surface area (TPSA) is 49.2 Å².